The van der Waals surface area contributed by atoms with Crippen molar-refractivity contribution in [2.24, 2.45) is 0 Å². The van der Waals surface area contributed by atoms with Crippen LogP contribution in [-0.2, 0) is 11.2 Å². The van der Waals surface area contributed by atoms with E-state index >= 15 is 0 Å². The smallest absolute Gasteiger partial charge is 0.293 e. The van der Waals surface area contributed by atoms with Crippen molar-refractivity contribution in [1.82, 2.24) is 0 Å². The van der Waals surface area contributed by atoms with E-state index in [1.54, 1.807) is 25.3 Å². The molecule has 0 spiro atoms. The Kier molecular flexibility index (Phi) is 4.24. The number of methoxy groups -OCH3 is 1. The molecule has 1 saturated heterocycles. The summed E-state index contributed by atoms with van der Waals surface area (Å²) in [7, 11) is 1.56. The standard InChI is InChI=1S/C19H17NO5S/c1-11-3-5-13(6-4-11)20-18(21)17(26-19(20)22)8-12-7-15-16(25-10-24-15)9-14(12)23-2/h3-7,9,17H,8,10H2,1-2H3/t17-/m1/s1. The molecule has 2 amide bonds. The molecule has 0 N–H and O–H groups in total. The molecule has 0 bridgehead atoms. The van der Waals surface area contributed by atoms with Crippen LogP contribution >= 0.6 is 11.8 Å². The van der Waals surface area contributed by atoms with Crippen LogP contribution in [0.1, 0.15) is 11.1 Å². The molecule has 6 nitrogen and oxygen atoms in total. The van der Waals surface area contributed by atoms with Gasteiger partial charge in [-0.15, -0.1) is 0 Å². The first-order valence-electron chi connectivity index (χ1n) is 8.14. The summed E-state index contributed by atoms with van der Waals surface area (Å²) in [5.74, 6) is 1.64. The predicted molar refractivity (Wildman–Crippen MR) is 98.3 cm³/mol. The fraction of sp³-hybridized carbons (Fsp3) is 0.263. The van der Waals surface area contributed by atoms with Gasteiger partial charge < -0.3 is 14.2 Å². The normalized spacial score (nSPS) is 18.5. The van der Waals surface area contributed by atoms with Crippen LogP contribution in [0.4, 0.5) is 10.5 Å². The van der Waals surface area contributed by atoms with E-state index in [2.05, 4.69) is 0 Å². The molecule has 26 heavy (non-hydrogen) atoms. The Morgan fingerprint density at radius 1 is 1.15 bits per heavy atom. The molecule has 2 aliphatic heterocycles. The van der Waals surface area contributed by atoms with Gasteiger partial charge in [0, 0.05) is 6.07 Å². The van der Waals surface area contributed by atoms with E-state index in [1.807, 2.05) is 25.1 Å². The van der Waals surface area contributed by atoms with Gasteiger partial charge in [-0.2, -0.15) is 0 Å². The second-order valence-electron chi connectivity index (χ2n) is 6.10. The fourth-order valence-corrected chi connectivity index (χ4v) is 4.04. The number of ether oxygens (including phenoxy) is 3. The Bertz CT molecular complexity index is 880. The monoisotopic (exact) mass is 371 g/mol. The number of hydrogen-bond acceptors (Lipinski definition) is 6. The summed E-state index contributed by atoms with van der Waals surface area (Å²) in [4.78, 5) is 26.5. The molecule has 0 aliphatic carbocycles. The number of rotatable bonds is 4. The second kappa shape index (κ2) is 6.57. The molecule has 2 aromatic rings. The zero-order chi connectivity index (χ0) is 18.3. The molecular weight excluding hydrogens is 354 g/mol. The molecule has 1 atom stereocenters. The summed E-state index contributed by atoms with van der Waals surface area (Å²) in [6.07, 6.45) is 0.372. The van der Waals surface area contributed by atoms with Crippen molar-refractivity contribution in [1.29, 1.82) is 0 Å². The Hall–Kier alpha value is -2.67. The average Bonchev–Trinajstić information content (AvgIpc) is 3.19. The van der Waals surface area contributed by atoms with Gasteiger partial charge in [-0.25, -0.2) is 4.90 Å². The van der Waals surface area contributed by atoms with E-state index in [4.69, 9.17) is 14.2 Å². The highest BCUT2D eigenvalue weighted by molar-refractivity contribution is 8.15. The zero-order valence-electron chi connectivity index (χ0n) is 14.4. The summed E-state index contributed by atoms with van der Waals surface area (Å²) in [5, 5.41) is -0.762. The maximum atomic E-state index is 12.8. The number of carbonyl (C=O) groups excluding carboxylic acids is 2. The van der Waals surface area contributed by atoms with E-state index in [0.717, 1.165) is 22.9 Å². The topological polar surface area (TPSA) is 65.1 Å². The van der Waals surface area contributed by atoms with E-state index in [1.165, 1.54) is 4.90 Å². The summed E-state index contributed by atoms with van der Waals surface area (Å²) in [5.41, 5.74) is 2.47. The van der Waals surface area contributed by atoms with Crippen LogP contribution in [0.3, 0.4) is 0 Å². The van der Waals surface area contributed by atoms with Gasteiger partial charge in [0.25, 0.3) is 5.24 Å². The molecule has 2 aliphatic rings. The fourth-order valence-electron chi connectivity index (χ4n) is 3.03. The lowest BCUT2D eigenvalue weighted by molar-refractivity contribution is -0.117. The first kappa shape index (κ1) is 16.8. The van der Waals surface area contributed by atoms with Gasteiger partial charge in [-0.3, -0.25) is 9.59 Å². The number of fused-ring (bicyclic) bond motifs is 1. The molecule has 2 heterocycles. The number of thioether (sulfide) groups is 1. The highest BCUT2D eigenvalue weighted by Gasteiger charge is 2.41. The van der Waals surface area contributed by atoms with Crippen molar-refractivity contribution in [3.05, 3.63) is 47.5 Å². The third-order valence-corrected chi connectivity index (χ3v) is 5.43. The van der Waals surface area contributed by atoms with Crippen LogP contribution in [0.25, 0.3) is 0 Å². The first-order chi connectivity index (χ1) is 12.6. The Morgan fingerprint density at radius 2 is 1.85 bits per heavy atom. The molecular formula is C19H17NO5S. The van der Waals surface area contributed by atoms with Crippen LogP contribution in [0.5, 0.6) is 17.2 Å². The number of anilines is 1. The average molecular weight is 371 g/mol. The maximum absolute atomic E-state index is 12.8. The third-order valence-electron chi connectivity index (χ3n) is 4.39. The maximum Gasteiger partial charge on any atom is 0.293 e. The number of hydrogen-bond donors (Lipinski definition) is 0. The number of benzene rings is 2. The summed E-state index contributed by atoms with van der Waals surface area (Å²) < 4.78 is 16.2. The Balaban J connectivity index is 1.59. The highest BCUT2D eigenvalue weighted by Crippen LogP contribution is 2.41. The quantitative estimate of drug-likeness (QED) is 0.819. The van der Waals surface area contributed by atoms with E-state index < -0.39 is 5.25 Å². The van der Waals surface area contributed by atoms with Crippen molar-refractivity contribution in [2.45, 2.75) is 18.6 Å². The molecule has 0 unspecified atom stereocenters. The number of amides is 2. The molecule has 134 valence electrons. The van der Waals surface area contributed by atoms with Crippen LogP contribution in [-0.4, -0.2) is 30.3 Å². The zero-order valence-corrected chi connectivity index (χ0v) is 15.2. The van der Waals surface area contributed by atoms with E-state index in [0.29, 0.717) is 29.4 Å². The third kappa shape index (κ3) is 2.88. The number of imide groups is 1. The molecule has 0 aromatic heterocycles. The molecule has 0 saturated carbocycles. The molecule has 1 fully saturated rings. The summed E-state index contributed by atoms with van der Waals surface area (Å²) in [6.45, 7) is 2.12. The number of aryl methyl sites for hydroxylation is 1. The van der Waals surface area contributed by atoms with E-state index in [-0.39, 0.29) is 17.9 Å². The number of nitrogens with zero attached hydrogens (tertiary/aromatic N) is 1. The highest BCUT2D eigenvalue weighted by atomic mass is 32.2. The minimum absolute atomic E-state index is 0.165. The first-order valence-corrected chi connectivity index (χ1v) is 9.02. The van der Waals surface area contributed by atoms with E-state index in [9.17, 15) is 9.59 Å². The van der Waals surface area contributed by atoms with Crippen LogP contribution in [0, 0.1) is 6.92 Å². The minimum Gasteiger partial charge on any atom is -0.496 e. The molecule has 2 aromatic carbocycles. The Morgan fingerprint density at radius 3 is 2.54 bits per heavy atom. The molecule has 4 rings (SSSR count). The molecule has 0 radical (unpaired) electrons. The van der Waals surface area contributed by atoms with Crippen molar-refractivity contribution in [3.8, 4) is 17.2 Å². The van der Waals surface area contributed by atoms with Crippen molar-refractivity contribution in [2.75, 3.05) is 18.8 Å². The van der Waals surface area contributed by atoms with Crippen molar-refractivity contribution < 1.29 is 23.8 Å². The van der Waals surface area contributed by atoms with Gasteiger partial charge in [0.1, 0.15) is 5.75 Å². The lowest BCUT2D eigenvalue weighted by Crippen LogP contribution is -2.32. The van der Waals surface area contributed by atoms with Crippen LogP contribution in [0.15, 0.2) is 36.4 Å². The minimum atomic E-state index is -0.502. The predicted octanol–water partition coefficient (Wildman–Crippen LogP) is 3.54. The van der Waals surface area contributed by atoms with Gasteiger partial charge >= 0.3 is 0 Å². The summed E-state index contributed by atoms with van der Waals surface area (Å²) >= 11 is 1.04. The SMILES string of the molecule is COc1cc2c(cc1C[C@H]1SC(=O)N(c3ccc(C)cc3)C1=O)OCO2. The largest absolute Gasteiger partial charge is 0.496 e. The second-order valence-corrected chi connectivity index (χ2v) is 7.26. The van der Waals surface area contributed by atoms with Gasteiger partial charge in [-0.05, 0) is 37.1 Å². The summed E-state index contributed by atoms with van der Waals surface area (Å²) in [6, 6.07) is 10.9. The lowest BCUT2D eigenvalue weighted by atomic mass is 10.1. The lowest BCUT2D eigenvalue weighted by Gasteiger charge is -2.15. The number of carbonyl (C=O) groups is 2. The molecule has 7 heteroatoms. The van der Waals surface area contributed by atoms with Crippen LogP contribution < -0.4 is 19.1 Å². The van der Waals surface area contributed by atoms with Gasteiger partial charge in [-0.1, -0.05) is 29.5 Å². The van der Waals surface area contributed by atoms with Crippen LogP contribution in [0.2, 0.25) is 0 Å². The van der Waals surface area contributed by atoms with Gasteiger partial charge in [0.15, 0.2) is 11.5 Å². The van der Waals surface area contributed by atoms with Crippen molar-refractivity contribution in [3.63, 3.8) is 0 Å². The van der Waals surface area contributed by atoms with Gasteiger partial charge in [0.05, 0.1) is 18.0 Å². The van der Waals surface area contributed by atoms with Crippen molar-refractivity contribution >= 4 is 28.6 Å². The Labute approximate surface area is 155 Å². The van der Waals surface area contributed by atoms with Gasteiger partial charge in [0.2, 0.25) is 12.7 Å².